The van der Waals surface area contributed by atoms with E-state index in [9.17, 15) is 14.9 Å². The summed E-state index contributed by atoms with van der Waals surface area (Å²) in [5, 5.41) is 17.6. The molecule has 0 saturated heterocycles. The Morgan fingerprint density at radius 1 is 0.966 bits per heavy atom. The Labute approximate surface area is 166 Å². The minimum Gasteiger partial charge on any atom is -0.465 e. The SMILES string of the molecule is COC(=O)c1ccc(Nc2ncnc(Nc3cc(C)cc(C)c3)c2[N+](=O)[O-])cc1. The van der Waals surface area contributed by atoms with Gasteiger partial charge in [0, 0.05) is 11.4 Å². The molecule has 0 amide bonds. The molecule has 9 nitrogen and oxygen atoms in total. The van der Waals surface area contributed by atoms with Crippen molar-refractivity contribution in [3.8, 4) is 0 Å². The van der Waals surface area contributed by atoms with Crippen LogP contribution >= 0.6 is 0 Å². The number of rotatable bonds is 6. The number of benzene rings is 2. The Morgan fingerprint density at radius 3 is 2.03 bits per heavy atom. The van der Waals surface area contributed by atoms with Crippen LogP contribution in [0.15, 0.2) is 48.8 Å². The molecule has 0 fully saturated rings. The molecule has 0 saturated carbocycles. The highest BCUT2D eigenvalue weighted by Gasteiger charge is 2.23. The summed E-state index contributed by atoms with van der Waals surface area (Å²) in [4.78, 5) is 30.8. The van der Waals surface area contributed by atoms with Gasteiger partial charge in [-0.05, 0) is 61.4 Å². The molecule has 0 aliphatic carbocycles. The van der Waals surface area contributed by atoms with Crippen molar-refractivity contribution in [2.24, 2.45) is 0 Å². The first kappa shape index (κ1) is 19.7. The third-order valence-corrected chi connectivity index (χ3v) is 4.06. The van der Waals surface area contributed by atoms with E-state index < -0.39 is 10.9 Å². The minimum absolute atomic E-state index is 0.0303. The fourth-order valence-corrected chi connectivity index (χ4v) is 2.86. The van der Waals surface area contributed by atoms with Crippen molar-refractivity contribution in [1.82, 2.24) is 9.97 Å². The fraction of sp³-hybridized carbons (Fsp3) is 0.150. The first-order chi connectivity index (χ1) is 13.9. The van der Waals surface area contributed by atoms with Crippen LogP contribution in [0.5, 0.6) is 0 Å². The molecule has 2 aromatic carbocycles. The lowest BCUT2D eigenvalue weighted by Crippen LogP contribution is -2.06. The van der Waals surface area contributed by atoms with Gasteiger partial charge in [0.15, 0.2) is 0 Å². The van der Waals surface area contributed by atoms with Gasteiger partial charge in [-0.1, -0.05) is 6.07 Å². The average molecular weight is 393 g/mol. The number of carbonyl (C=O) groups is 1. The largest absolute Gasteiger partial charge is 0.465 e. The topological polar surface area (TPSA) is 119 Å². The minimum atomic E-state index is -0.545. The van der Waals surface area contributed by atoms with Crippen LogP contribution in [-0.2, 0) is 4.74 Å². The van der Waals surface area contributed by atoms with Gasteiger partial charge in [-0.2, -0.15) is 0 Å². The van der Waals surface area contributed by atoms with Crippen molar-refractivity contribution in [3.63, 3.8) is 0 Å². The Bertz CT molecular complexity index is 1050. The summed E-state index contributed by atoms with van der Waals surface area (Å²) < 4.78 is 4.66. The highest BCUT2D eigenvalue weighted by molar-refractivity contribution is 5.90. The lowest BCUT2D eigenvalue weighted by molar-refractivity contribution is -0.383. The van der Waals surface area contributed by atoms with E-state index in [1.54, 1.807) is 24.3 Å². The summed E-state index contributed by atoms with van der Waals surface area (Å²) >= 11 is 0. The molecule has 1 heterocycles. The smallest absolute Gasteiger partial charge is 0.353 e. The van der Waals surface area contributed by atoms with E-state index in [1.807, 2.05) is 32.0 Å². The van der Waals surface area contributed by atoms with Gasteiger partial charge in [0.05, 0.1) is 17.6 Å². The lowest BCUT2D eigenvalue weighted by Gasteiger charge is -2.11. The Morgan fingerprint density at radius 2 is 1.52 bits per heavy atom. The van der Waals surface area contributed by atoms with Crippen molar-refractivity contribution in [2.75, 3.05) is 17.7 Å². The van der Waals surface area contributed by atoms with E-state index in [-0.39, 0.29) is 17.3 Å². The predicted octanol–water partition coefficient (Wildman–Crippen LogP) is 4.28. The maximum Gasteiger partial charge on any atom is 0.353 e. The molecule has 1 aromatic heterocycles. The van der Waals surface area contributed by atoms with E-state index in [0.717, 1.165) is 11.1 Å². The number of methoxy groups -OCH3 is 1. The van der Waals surface area contributed by atoms with Crippen LogP contribution in [0.2, 0.25) is 0 Å². The van der Waals surface area contributed by atoms with Crippen molar-refractivity contribution in [1.29, 1.82) is 0 Å². The maximum absolute atomic E-state index is 11.7. The zero-order valence-corrected chi connectivity index (χ0v) is 16.1. The molecule has 0 aliphatic heterocycles. The Hall–Kier alpha value is -4.01. The number of esters is 1. The van der Waals surface area contributed by atoms with Crippen LogP contribution in [-0.4, -0.2) is 28.0 Å². The number of anilines is 4. The molecule has 0 unspecified atom stereocenters. The number of carbonyl (C=O) groups excluding carboxylic acids is 1. The second-order valence-electron chi connectivity index (χ2n) is 6.37. The summed E-state index contributed by atoms with van der Waals surface area (Å²) in [5.41, 5.74) is 3.34. The second kappa shape index (κ2) is 8.34. The Kier molecular flexibility index (Phi) is 5.68. The molecule has 0 spiro atoms. The number of nitro groups is 1. The first-order valence-electron chi connectivity index (χ1n) is 8.67. The standard InChI is InChI=1S/C20H19N5O4/c1-12-8-13(2)10-16(9-12)24-19-17(25(27)28)18(21-11-22-19)23-15-6-4-14(5-7-15)20(26)29-3/h4-11H,1-3H3,(H2,21,22,23,24). The van der Waals surface area contributed by atoms with E-state index in [0.29, 0.717) is 16.9 Å². The van der Waals surface area contributed by atoms with Gasteiger partial charge in [0.1, 0.15) is 6.33 Å². The van der Waals surface area contributed by atoms with Crippen LogP contribution < -0.4 is 10.6 Å². The van der Waals surface area contributed by atoms with Crippen LogP contribution in [0.4, 0.5) is 28.7 Å². The van der Waals surface area contributed by atoms with Gasteiger partial charge >= 0.3 is 11.7 Å². The number of hydrogen-bond donors (Lipinski definition) is 2. The van der Waals surface area contributed by atoms with Crippen molar-refractivity contribution < 1.29 is 14.5 Å². The first-order valence-corrected chi connectivity index (χ1v) is 8.67. The third kappa shape index (κ3) is 4.64. The number of nitrogens with zero attached hydrogens (tertiary/aromatic N) is 3. The van der Waals surface area contributed by atoms with Crippen LogP contribution in [0.3, 0.4) is 0 Å². The summed E-state index contributed by atoms with van der Waals surface area (Å²) in [6.45, 7) is 3.88. The molecule has 148 valence electrons. The molecular formula is C20H19N5O4. The van der Waals surface area contributed by atoms with E-state index in [2.05, 4.69) is 25.3 Å². The predicted molar refractivity (Wildman–Crippen MR) is 109 cm³/mol. The van der Waals surface area contributed by atoms with Gasteiger partial charge in [-0.25, -0.2) is 14.8 Å². The summed E-state index contributed by atoms with van der Waals surface area (Å²) in [6, 6.07) is 12.1. The zero-order chi connectivity index (χ0) is 21.0. The normalized spacial score (nSPS) is 10.3. The molecule has 0 aliphatic rings. The molecule has 9 heteroatoms. The number of aryl methyl sites for hydroxylation is 2. The fourth-order valence-electron chi connectivity index (χ4n) is 2.86. The quantitative estimate of drug-likeness (QED) is 0.362. The Balaban J connectivity index is 1.92. The van der Waals surface area contributed by atoms with Crippen LogP contribution in [0, 0.1) is 24.0 Å². The lowest BCUT2D eigenvalue weighted by atomic mass is 10.1. The van der Waals surface area contributed by atoms with E-state index in [4.69, 9.17) is 0 Å². The third-order valence-electron chi connectivity index (χ3n) is 4.06. The molecule has 0 atom stereocenters. The maximum atomic E-state index is 11.7. The van der Waals surface area contributed by atoms with Crippen molar-refractivity contribution >= 4 is 34.7 Å². The molecule has 0 radical (unpaired) electrons. The van der Waals surface area contributed by atoms with Crippen molar-refractivity contribution in [3.05, 3.63) is 75.6 Å². The number of aromatic nitrogens is 2. The molecule has 3 rings (SSSR count). The molecule has 29 heavy (non-hydrogen) atoms. The van der Waals surface area contributed by atoms with Gasteiger partial charge in [0.25, 0.3) is 0 Å². The van der Waals surface area contributed by atoms with E-state index in [1.165, 1.54) is 13.4 Å². The van der Waals surface area contributed by atoms with Gasteiger partial charge in [-0.15, -0.1) is 0 Å². The van der Waals surface area contributed by atoms with Crippen LogP contribution in [0.1, 0.15) is 21.5 Å². The monoisotopic (exact) mass is 393 g/mol. The second-order valence-corrected chi connectivity index (χ2v) is 6.37. The number of ether oxygens (including phenoxy) is 1. The molecule has 0 bridgehead atoms. The highest BCUT2D eigenvalue weighted by atomic mass is 16.6. The van der Waals surface area contributed by atoms with E-state index >= 15 is 0 Å². The highest BCUT2D eigenvalue weighted by Crippen LogP contribution is 2.33. The zero-order valence-electron chi connectivity index (χ0n) is 16.1. The van der Waals surface area contributed by atoms with Crippen molar-refractivity contribution in [2.45, 2.75) is 13.8 Å². The molecular weight excluding hydrogens is 374 g/mol. The summed E-state index contributed by atoms with van der Waals surface area (Å²) in [7, 11) is 1.29. The number of nitrogens with one attached hydrogen (secondary N) is 2. The van der Waals surface area contributed by atoms with Gasteiger partial charge < -0.3 is 15.4 Å². The molecule has 2 N–H and O–H groups in total. The molecule has 3 aromatic rings. The van der Waals surface area contributed by atoms with Gasteiger partial charge in [0.2, 0.25) is 11.6 Å². The summed E-state index contributed by atoms with van der Waals surface area (Å²) in [6.07, 6.45) is 1.24. The van der Waals surface area contributed by atoms with Crippen LogP contribution in [0.25, 0.3) is 0 Å². The van der Waals surface area contributed by atoms with Gasteiger partial charge in [-0.3, -0.25) is 10.1 Å². The summed E-state index contributed by atoms with van der Waals surface area (Å²) in [5.74, 6) is -0.365. The number of hydrogen-bond acceptors (Lipinski definition) is 8. The average Bonchev–Trinajstić information content (AvgIpc) is 2.67.